The zero-order valence-electron chi connectivity index (χ0n) is 11.8. The first-order chi connectivity index (χ1) is 11.0. The molecule has 0 aliphatic heterocycles. The lowest BCUT2D eigenvalue weighted by Gasteiger charge is -2.06. The van der Waals surface area contributed by atoms with Gasteiger partial charge in [0.25, 0.3) is 0 Å². The fraction of sp³-hybridized carbons (Fsp3) is 0.0667. The maximum atomic E-state index is 13.0. The number of nitrogens with zero attached hydrogens (tertiary/aromatic N) is 2. The Balaban J connectivity index is 1.77. The van der Waals surface area contributed by atoms with Crippen LogP contribution in [0.2, 0.25) is 0 Å². The Hall–Kier alpha value is -2.16. The highest BCUT2D eigenvalue weighted by Gasteiger charge is 2.15. The van der Waals surface area contributed by atoms with E-state index in [4.69, 9.17) is 0 Å². The van der Waals surface area contributed by atoms with Crippen LogP contribution in [0.15, 0.2) is 58.4 Å². The average Bonchev–Trinajstić information content (AvgIpc) is 3.09. The van der Waals surface area contributed by atoms with Crippen LogP contribution in [0.4, 0.5) is 4.39 Å². The molecule has 0 spiro atoms. The molecule has 0 aliphatic carbocycles. The van der Waals surface area contributed by atoms with E-state index in [1.165, 1.54) is 24.5 Å². The van der Waals surface area contributed by atoms with Gasteiger partial charge in [-0.1, -0.05) is 6.07 Å². The molecule has 3 rings (SSSR count). The molecule has 2 aromatic heterocycles. The number of benzene rings is 1. The molecule has 0 saturated carbocycles. The van der Waals surface area contributed by atoms with Crippen molar-refractivity contribution in [2.75, 3.05) is 0 Å². The fourth-order valence-electron chi connectivity index (χ4n) is 1.93. The highest BCUT2D eigenvalue weighted by molar-refractivity contribution is 7.91. The molecule has 0 atom stereocenters. The average molecular weight is 349 g/mol. The van der Waals surface area contributed by atoms with Crippen LogP contribution in [0, 0.1) is 5.82 Å². The summed E-state index contributed by atoms with van der Waals surface area (Å²) in [5, 5.41) is 1.70. The van der Waals surface area contributed by atoms with Crippen LogP contribution in [0.25, 0.3) is 11.3 Å². The highest BCUT2D eigenvalue weighted by atomic mass is 32.2. The van der Waals surface area contributed by atoms with Gasteiger partial charge >= 0.3 is 0 Å². The first-order valence-electron chi connectivity index (χ1n) is 6.65. The van der Waals surface area contributed by atoms with Gasteiger partial charge in [-0.25, -0.2) is 27.5 Å². The van der Waals surface area contributed by atoms with E-state index < -0.39 is 10.0 Å². The first kappa shape index (κ1) is 15.7. The van der Waals surface area contributed by atoms with Gasteiger partial charge in [0.1, 0.15) is 16.4 Å². The van der Waals surface area contributed by atoms with Gasteiger partial charge < -0.3 is 0 Å². The third-order valence-electron chi connectivity index (χ3n) is 3.07. The van der Waals surface area contributed by atoms with Crippen molar-refractivity contribution in [1.29, 1.82) is 0 Å². The second kappa shape index (κ2) is 6.53. The zero-order chi connectivity index (χ0) is 16.3. The van der Waals surface area contributed by atoms with E-state index >= 15 is 0 Å². The van der Waals surface area contributed by atoms with Crippen molar-refractivity contribution < 1.29 is 12.8 Å². The lowest BCUT2D eigenvalue weighted by atomic mass is 10.1. The first-order valence-corrected chi connectivity index (χ1v) is 9.01. The molecule has 0 unspecified atom stereocenters. The normalized spacial score (nSPS) is 11.5. The third-order valence-corrected chi connectivity index (χ3v) is 5.87. The second-order valence-electron chi connectivity index (χ2n) is 4.66. The van der Waals surface area contributed by atoms with Gasteiger partial charge in [-0.05, 0) is 41.8 Å². The topological polar surface area (TPSA) is 72.0 Å². The fourth-order valence-corrected chi connectivity index (χ4v) is 3.97. The molecule has 5 nitrogen and oxygen atoms in total. The molecule has 1 N–H and O–H groups in total. The van der Waals surface area contributed by atoms with Crippen LogP contribution in [0.5, 0.6) is 0 Å². The van der Waals surface area contributed by atoms with E-state index in [-0.39, 0.29) is 16.6 Å². The number of hydrogen-bond donors (Lipinski definition) is 1. The van der Waals surface area contributed by atoms with Crippen molar-refractivity contribution in [3.05, 3.63) is 65.7 Å². The summed E-state index contributed by atoms with van der Waals surface area (Å²) in [4.78, 5) is 8.18. The molecule has 2 heterocycles. The number of halogens is 1. The number of rotatable bonds is 5. The van der Waals surface area contributed by atoms with Gasteiger partial charge in [0.05, 0.1) is 17.9 Å². The minimum absolute atomic E-state index is 0.0525. The molecule has 1 aromatic carbocycles. The van der Waals surface area contributed by atoms with Crippen molar-refractivity contribution in [2.24, 2.45) is 0 Å². The van der Waals surface area contributed by atoms with Gasteiger partial charge in [0.15, 0.2) is 0 Å². The second-order valence-corrected chi connectivity index (χ2v) is 7.60. The Morgan fingerprint density at radius 3 is 2.61 bits per heavy atom. The summed E-state index contributed by atoms with van der Waals surface area (Å²) < 4.78 is 39.9. The Morgan fingerprint density at radius 1 is 1.13 bits per heavy atom. The summed E-state index contributed by atoms with van der Waals surface area (Å²) >= 11 is 1.15. The molecular formula is C15H12FN3O2S2. The lowest BCUT2D eigenvalue weighted by Crippen LogP contribution is -2.23. The monoisotopic (exact) mass is 349 g/mol. The van der Waals surface area contributed by atoms with Crippen molar-refractivity contribution in [3.8, 4) is 11.3 Å². The van der Waals surface area contributed by atoms with E-state index in [9.17, 15) is 12.8 Å². The molecule has 0 saturated heterocycles. The van der Waals surface area contributed by atoms with Gasteiger partial charge in [-0.3, -0.25) is 0 Å². The molecule has 23 heavy (non-hydrogen) atoms. The van der Waals surface area contributed by atoms with Gasteiger partial charge in [0.2, 0.25) is 10.0 Å². The molecule has 118 valence electrons. The largest absolute Gasteiger partial charge is 0.250 e. The quantitative estimate of drug-likeness (QED) is 0.769. The van der Waals surface area contributed by atoms with Crippen LogP contribution in [-0.4, -0.2) is 18.4 Å². The van der Waals surface area contributed by atoms with Crippen LogP contribution in [-0.2, 0) is 16.6 Å². The maximum Gasteiger partial charge on any atom is 0.250 e. The van der Waals surface area contributed by atoms with E-state index in [0.29, 0.717) is 11.4 Å². The van der Waals surface area contributed by atoms with Gasteiger partial charge in [-0.15, -0.1) is 11.3 Å². The van der Waals surface area contributed by atoms with Crippen molar-refractivity contribution >= 4 is 21.4 Å². The predicted molar refractivity (Wildman–Crippen MR) is 85.8 cm³/mol. The number of aromatic nitrogens is 2. The van der Waals surface area contributed by atoms with Crippen LogP contribution in [0.3, 0.4) is 0 Å². The molecule has 0 amide bonds. The van der Waals surface area contributed by atoms with Crippen molar-refractivity contribution in [1.82, 2.24) is 14.7 Å². The molecule has 3 aromatic rings. The number of thiophene rings is 1. The SMILES string of the molecule is O=S(=O)(NCc1cc(-c2ccc(F)cc2)ncn1)c1cccs1. The van der Waals surface area contributed by atoms with Crippen LogP contribution < -0.4 is 4.72 Å². The molecule has 0 fully saturated rings. The number of sulfonamides is 1. The minimum atomic E-state index is -3.54. The predicted octanol–water partition coefficient (Wildman–Crippen LogP) is 2.82. The zero-order valence-corrected chi connectivity index (χ0v) is 13.4. The Morgan fingerprint density at radius 2 is 1.91 bits per heavy atom. The third kappa shape index (κ3) is 3.79. The summed E-state index contributed by atoms with van der Waals surface area (Å²) in [6, 6.07) is 10.8. The minimum Gasteiger partial charge on any atom is -0.240 e. The summed E-state index contributed by atoms with van der Waals surface area (Å²) in [5.41, 5.74) is 1.86. The summed E-state index contributed by atoms with van der Waals surface area (Å²) in [7, 11) is -3.54. The molecule has 8 heteroatoms. The molecule has 0 radical (unpaired) electrons. The van der Waals surface area contributed by atoms with Crippen molar-refractivity contribution in [2.45, 2.75) is 10.8 Å². The van der Waals surface area contributed by atoms with Gasteiger partial charge in [0, 0.05) is 5.56 Å². The number of nitrogens with one attached hydrogen (secondary N) is 1. The van der Waals surface area contributed by atoms with Crippen LogP contribution in [0.1, 0.15) is 5.69 Å². The maximum absolute atomic E-state index is 13.0. The van der Waals surface area contributed by atoms with Gasteiger partial charge in [-0.2, -0.15) is 0 Å². The van der Waals surface area contributed by atoms with E-state index in [1.54, 1.807) is 29.6 Å². The van der Waals surface area contributed by atoms with E-state index in [1.807, 2.05) is 0 Å². The highest BCUT2D eigenvalue weighted by Crippen LogP contribution is 2.18. The number of hydrogen-bond acceptors (Lipinski definition) is 5. The Bertz CT molecular complexity index is 895. The Kier molecular flexibility index (Phi) is 4.46. The standard InChI is InChI=1S/C15H12FN3O2S2/c16-12-5-3-11(4-6-12)14-8-13(17-10-18-14)9-19-23(20,21)15-2-1-7-22-15/h1-8,10,19H,9H2. The molecular weight excluding hydrogens is 337 g/mol. The van der Waals surface area contributed by atoms with Crippen LogP contribution >= 0.6 is 11.3 Å². The van der Waals surface area contributed by atoms with Crippen molar-refractivity contribution in [3.63, 3.8) is 0 Å². The van der Waals surface area contributed by atoms with E-state index in [0.717, 1.165) is 16.9 Å². The summed E-state index contributed by atoms with van der Waals surface area (Å²) in [6.07, 6.45) is 1.35. The summed E-state index contributed by atoms with van der Waals surface area (Å²) in [5.74, 6) is -0.327. The van der Waals surface area contributed by atoms with E-state index in [2.05, 4.69) is 14.7 Å². The smallest absolute Gasteiger partial charge is 0.240 e. The summed E-state index contributed by atoms with van der Waals surface area (Å²) in [6.45, 7) is 0.0525. The lowest BCUT2D eigenvalue weighted by molar-refractivity contribution is 0.582. The molecule has 0 aliphatic rings. The molecule has 0 bridgehead atoms. The Labute approximate surface area is 136 Å².